The summed E-state index contributed by atoms with van der Waals surface area (Å²) in [4.78, 5) is 0. The van der Waals surface area contributed by atoms with Crippen LogP contribution in [0, 0.1) is 58.2 Å². The third-order valence-electron chi connectivity index (χ3n) is 11.6. The molecule has 4 rings (SSSR count). The highest BCUT2D eigenvalue weighted by molar-refractivity contribution is 5.29. The lowest BCUT2D eigenvalue weighted by Crippen LogP contribution is -2.52. The minimum atomic E-state index is -0.0819. The molecule has 1 N–H and O–H groups in total. The molecule has 0 aromatic rings. The largest absolute Gasteiger partial charge is 0.393 e. The summed E-state index contributed by atoms with van der Waals surface area (Å²) >= 11 is 0. The quantitative estimate of drug-likeness (QED) is 0.451. The predicted molar refractivity (Wildman–Crippen MR) is 133 cm³/mol. The topological polar surface area (TPSA) is 20.2 Å². The fourth-order valence-electron chi connectivity index (χ4n) is 8.88. The van der Waals surface area contributed by atoms with Crippen molar-refractivity contribution in [3.63, 3.8) is 0 Å². The van der Waals surface area contributed by atoms with Crippen molar-refractivity contribution in [3.05, 3.63) is 23.3 Å². The van der Waals surface area contributed by atoms with E-state index in [1.165, 1.54) is 38.5 Å². The molecule has 4 aliphatic carbocycles. The van der Waals surface area contributed by atoms with Crippen molar-refractivity contribution >= 4 is 0 Å². The Kier molecular flexibility index (Phi) is 6.35. The highest BCUT2D eigenvalue weighted by Crippen LogP contribution is 2.67. The summed E-state index contributed by atoms with van der Waals surface area (Å²) in [7, 11) is 0. The van der Waals surface area contributed by atoms with Gasteiger partial charge in [-0.2, -0.15) is 0 Å². The number of aliphatic hydroxyl groups is 1. The average molecular weight is 427 g/mol. The van der Waals surface area contributed by atoms with Gasteiger partial charge in [0.1, 0.15) is 0 Å². The Labute approximate surface area is 193 Å². The van der Waals surface area contributed by atoms with Crippen molar-refractivity contribution in [1.29, 1.82) is 0 Å². The number of hydrogen-bond donors (Lipinski definition) is 1. The maximum absolute atomic E-state index is 10.5. The SMILES string of the molecule is CC(=CC(C)C(C)C)C(C)C1CCC2C3=CCC4C(C)C(O)CCC4(C)C3CCC21C. The smallest absolute Gasteiger partial charge is 0.0568 e. The molecule has 0 heterocycles. The van der Waals surface area contributed by atoms with Crippen LogP contribution in [0.5, 0.6) is 0 Å². The van der Waals surface area contributed by atoms with E-state index in [2.05, 4.69) is 67.5 Å². The zero-order valence-corrected chi connectivity index (χ0v) is 21.7. The van der Waals surface area contributed by atoms with Crippen molar-refractivity contribution in [2.75, 3.05) is 0 Å². The molecule has 3 saturated carbocycles. The van der Waals surface area contributed by atoms with Gasteiger partial charge in [0.25, 0.3) is 0 Å². The van der Waals surface area contributed by atoms with Crippen LogP contribution in [0.4, 0.5) is 0 Å². The van der Waals surface area contributed by atoms with Gasteiger partial charge >= 0.3 is 0 Å². The van der Waals surface area contributed by atoms with Crippen LogP contribution in [0.15, 0.2) is 23.3 Å². The van der Waals surface area contributed by atoms with Gasteiger partial charge in [-0.1, -0.05) is 71.8 Å². The van der Waals surface area contributed by atoms with Crippen molar-refractivity contribution < 1.29 is 5.11 Å². The number of hydrogen-bond acceptors (Lipinski definition) is 1. The van der Waals surface area contributed by atoms with Gasteiger partial charge in [0.15, 0.2) is 0 Å². The van der Waals surface area contributed by atoms with Crippen LogP contribution in [0.2, 0.25) is 0 Å². The van der Waals surface area contributed by atoms with Crippen LogP contribution < -0.4 is 0 Å². The lowest BCUT2D eigenvalue weighted by molar-refractivity contribution is -0.0768. The van der Waals surface area contributed by atoms with Crippen molar-refractivity contribution in [1.82, 2.24) is 0 Å². The van der Waals surface area contributed by atoms with E-state index in [1.807, 2.05) is 5.57 Å². The van der Waals surface area contributed by atoms with Gasteiger partial charge < -0.3 is 5.11 Å². The molecule has 0 bridgehead atoms. The zero-order chi connectivity index (χ0) is 22.7. The van der Waals surface area contributed by atoms with Crippen LogP contribution in [0.1, 0.15) is 100 Å². The summed E-state index contributed by atoms with van der Waals surface area (Å²) in [6.45, 7) is 19.6. The second kappa shape index (κ2) is 8.34. The van der Waals surface area contributed by atoms with Gasteiger partial charge in [-0.15, -0.1) is 0 Å². The molecule has 0 saturated heterocycles. The molecule has 0 amide bonds. The molecule has 10 unspecified atom stereocenters. The van der Waals surface area contributed by atoms with E-state index in [4.69, 9.17) is 0 Å². The molecule has 1 heteroatoms. The van der Waals surface area contributed by atoms with Gasteiger partial charge in [-0.3, -0.25) is 0 Å². The molecule has 0 aliphatic heterocycles. The second-order valence-corrected chi connectivity index (χ2v) is 13.2. The van der Waals surface area contributed by atoms with Gasteiger partial charge in [0.05, 0.1) is 6.10 Å². The van der Waals surface area contributed by atoms with Gasteiger partial charge in [-0.25, -0.2) is 0 Å². The number of aliphatic hydroxyl groups excluding tert-OH is 1. The van der Waals surface area contributed by atoms with Crippen LogP contribution in [-0.2, 0) is 0 Å². The van der Waals surface area contributed by atoms with Crippen LogP contribution in [0.3, 0.4) is 0 Å². The molecular weight excluding hydrogens is 376 g/mol. The molecule has 0 radical (unpaired) electrons. The van der Waals surface area contributed by atoms with Gasteiger partial charge in [0.2, 0.25) is 0 Å². The van der Waals surface area contributed by atoms with E-state index < -0.39 is 0 Å². The first-order valence-corrected chi connectivity index (χ1v) is 13.6. The molecule has 4 aliphatic rings. The third-order valence-corrected chi connectivity index (χ3v) is 11.6. The van der Waals surface area contributed by atoms with Crippen LogP contribution in [0.25, 0.3) is 0 Å². The third kappa shape index (κ3) is 3.70. The number of rotatable bonds is 4. The Morgan fingerprint density at radius 2 is 1.65 bits per heavy atom. The summed E-state index contributed by atoms with van der Waals surface area (Å²) in [5.74, 6) is 5.62. The average Bonchev–Trinajstić information content (AvgIpc) is 3.07. The minimum Gasteiger partial charge on any atom is -0.393 e. The summed E-state index contributed by atoms with van der Waals surface area (Å²) in [5, 5.41) is 10.5. The summed E-state index contributed by atoms with van der Waals surface area (Å²) in [6, 6.07) is 0. The fraction of sp³-hybridized carbons (Fsp3) is 0.867. The predicted octanol–water partition coefficient (Wildman–Crippen LogP) is 8.05. The first kappa shape index (κ1) is 23.6. The Bertz CT molecular complexity index is 731. The molecule has 3 fully saturated rings. The Hall–Kier alpha value is -0.560. The highest BCUT2D eigenvalue weighted by atomic mass is 16.3. The first-order chi connectivity index (χ1) is 14.5. The van der Waals surface area contributed by atoms with E-state index in [-0.39, 0.29) is 6.10 Å². The summed E-state index contributed by atoms with van der Waals surface area (Å²) in [6.07, 6.45) is 14.2. The van der Waals surface area contributed by atoms with E-state index in [1.54, 1.807) is 5.57 Å². The lowest BCUT2D eigenvalue weighted by Gasteiger charge is -2.59. The maximum Gasteiger partial charge on any atom is 0.0568 e. The van der Waals surface area contributed by atoms with Gasteiger partial charge in [-0.05, 0) is 110 Å². The zero-order valence-electron chi connectivity index (χ0n) is 21.7. The van der Waals surface area contributed by atoms with Crippen LogP contribution >= 0.6 is 0 Å². The number of fused-ring (bicyclic) bond motifs is 5. The molecule has 1 nitrogen and oxygen atoms in total. The Balaban J connectivity index is 1.58. The minimum absolute atomic E-state index is 0.0819. The standard InChI is InChI=1S/C30H50O/c1-18(2)19(3)17-20(4)21(5)24-11-12-26-23-9-10-25-22(6)28(31)14-16-30(25,8)27(23)13-15-29(24,26)7/h9,17-19,21-22,24-28,31H,10-16H2,1-8H3. The molecular formula is C30H50O. The van der Waals surface area contributed by atoms with E-state index in [0.29, 0.717) is 34.5 Å². The number of allylic oxidation sites excluding steroid dienone is 4. The molecule has 0 spiro atoms. The van der Waals surface area contributed by atoms with E-state index in [9.17, 15) is 5.11 Å². The fourth-order valence-corrected chi connectivity index (χ4v) is 8.88. The molecule has 31 heavy (non-hydrogen) atoms. The second-order valence-electron chi connectivity index (χ2n) is 13.2. The maximum atomic E-state index is 10.5. The van der Waals surface area contributed by atoms with Crippen molar-refractivity contribution in [3.8, 4) is 0 Å². The lowest BCUT2D eigenvalue weighted by atomic mass is 9.46. The van der Waals surface area contributed by atoms with Crippen molar-refractivity contribution in [2.45, 2.75) is 106 Å². The molecule has 10 atom stereocenters. The Morgan fingerprint density at radius 1 is 1.00 bits per heavy atom. The highest BCUT2D eigenvalue weighted by Gasteiger charge is 2.59. The molecule has 0 aromatic heterocycles. The van der Waals surface area contributed by atoms with E-state index >= 15 is 0 Å². The molecule has 0 aromatic carbocycles. The Morgan fingerprint density at radius 3 is 2.32 bits per heavy atom. The van der Waals surface area contributed by atoms with E-state index in [0.717, 1.165) is 30.1 Å². The van der Waals surface area contributed by atoms with Crippen LogP contribution in [-0.4, -0.2) is 11.2 Å². The van der Waals surface area contributed by atoms with Gasteiger partial charge in [0, 0.05) is 0 Å². The normalized spacial score (nSPS) is 47.3. The summed E-state index contributed by atoms with van der Waals surface area (Å²) < 4.78 is 0. The monoisotopic (exact) mass is 426 g/mol. The molecule has 176 valence electrons. The first-order valence-electron chi connectivity index (χ1n) is 13.6. The van der Waals surface area contributed by atoms with Crippen molar-refractivity contribution in [2.24, 2.45) is 58.2 Å². The summed E-state index contributed by atoms with van der Waals surface area (Å²) in [5.41, 5.74) is 4.37.